The van der Waals surface area contributed by atoms with Gasteiger partial charge in [-0.1, -0.05) is 71.7 Å². The lowest BCUT2D eigenvalue weighted by Gasteiger charge is -2.16. The summed E-state index contributed by atoms with van der Waals surface area (Å²) in [5.74, 6) is 1.67. The molecule has 0 bridgehead atoms. The van der Waals surface area contributed by atoms with Crippen LogP contribution in [-0.2, 0) is 19.7 Å². The van der Waals surface area contributed by atoms with Crippen LogP contribution in [0.5, 0.6) is 11.5 Å². The van der Waals surface area contributed by atoms with Crippen molar-refractivity contribution in [3.8, 4) is 11.5 Å². The SMILES string of the molecule is COc1ccc(CNCc2c(OCc3c(Cl)cccc3Cl)ccc3ccccc23)cc1. The van der Waals surface area contributed by atoms with E-state index in [0.29, 0.717) is 23.2 Å². The Kier molecular flexibility index (Phi) is 6.98. The third-order valence-corrected chi connectivity index (χ3v) is 5.93. The molecule has 0 unspecified atom stereocenters. The molecule has 4 aromatic rings. The first-order valence-corrected chi connectivity index (χ1v) is 10.8. The van der Waals surface area contributed by atoms with E-state index in [2.05, 4.69) is 35.6 Å². The van der Waals surface area contributed by atoms with Crippen LogP contribution in [0.25, 0.3) is 10.8 Å². The summed E-state index contributed by atoms with van der Waals surface area (Å²) in [7, 11) is 1.67. The average molecular weight is 452 g/mol. The molecule has 5 heteroatoms. The number of ether oxygens (including phenoxy) is 2. The highest BCUT2D eigenvalue weighted by Gasteiger charge is 2.12. The van der Waals surface area contributed by atoms with Crippen molar-refractivity contribution >= 4 is 34.0 Å². The van der Waals surface area contributed by atoms with E-state index < -0.39 is 0 Å². The van der Waals surface area contributed by atoms with Crippen LogP contribution in [0, 0.1) is 0 Å². The van der Waals surface area contributed by atoms with Crippen molar-refractivity contribution in [3.63, 3.8) is 0 Å². The first kappa shape index (κ1) is 21.5. The minimum atomic E-state index is 0.308. The molecule has 4 aromatic carbocycles. The maximum absolute atomic E-state index is 6.32. The van der Waals surface area contributed by atoms with E-state index >= 15 is 0 Å². The molecular formula is C26H23Cl2NO2. The van der Waals surface area contributed by atoms with E-state index in [1.54, 1.807) is 7.11 Å². The lowest BCUT2D eigenvalue weighted by molar-refractivity contribution is 0.303. The molecule has 3 nitrogen and oxygen atoms in total. The Balaban J connectivity index is 1.55. The van der Waals surface area contributed by atoms with Gasteiger partial charge in [-0.2, -0.15) is 0 Å². The van der Waals surface area contributed by atoms with E-state index in [1.807, 2.05) is 48.5 Å². The van der Waals surface area contributed by atoms with Gasteiger partial charge in [0.05, 0.1) is 7.11 Å². The number of benzene rings is 4. The van der Waals surface area contributed by atoms with Gasteiger partial charge in [0.1, 0.15) is 18.1 Å². The Morgan fingerprint density at radius 1 is 0.742 bits per heavy atom. The van der Waals surface area contributed by atoms with E-state index in [0.717, 1.165) is 34.6 Å². The van der Waals surface area contributed by atoms with Gasteiger partial charge in [-0.15, -0.1) is 0 Å². The Morgan fingerprint density at radius 3 is 2.23 bits per heavy atom. The molecule has 0 saturated carbocycles. The smallest absolute Gasteiger partial charge is 0.124 e. The van der Waals surface area contributed by atoms with Crippen molar-refractivity contribution < 1.29 is 9.47 Å². The number of rotatable bonds is 8. The summed E-state index contributed by atoms with van der Waals surface area (Å²) in [5.41, 5.74) is 3.08. The second kappa shape index (κ2) is 10.1. The number of hydrogen-bond acceptors (Lipinski definition) is 3. The van der Waals surface area contributed by atoms with Crippen molar-refractivity contribution in [2.45, 2.75) is 19.7 Å². The first-order chi connectivity index (χ1) is 15.2. The Labute approximate surface area is 192 Å². The van der Waals surface area contributed by atoms with Gasteiger partial charge < -0.3 is 14.8 Å². The van der Waals surface area contributed by atoms with Crippen molar-refractivity contribution in [1.82, 2.24) is 5.32 Å². The van der Waals surface area contributed by atoms with Crippen LogP contribution in [0.1, 0.15) is 16.7 Å². The van der Waals surface area contributed by atoms with Crippen LogP contribution >= 0.6 is 23.2 Å². The van der Waals surface area contributed by atoms with Crippen molar-refractivity contribution in [3.05, 3.63) is 106 Å². The number of methoxy groups -OCH3 is 1. The summed E-state index contributed by atoms with van der Waals surface area (Å²) in [4.78, 5) is 0. The zero-order chi connectivity index (χ0) is 21.6. The van der Waals surface area contributed by atoms with Crippen LogP contribution in [0.4, 0.5) is 0 Å². The molecule has 0 aliphatic rings. The van der Waals surface area contributed by atoms with E-state index in [1.165, 1.54) is 10.9 Å². The fraction of sp³-hybridized carbons (Fsp3) is 0.154. The normalized spacial score (nSPS) is 10.9. The number of halogens is 2. The lowest BCUT2D eigenvalue weighted by Crippen LogP contribution is -2.14. The first-order valence-electron chi connectivity index (χ1n) is 10.1. The standard InChI is InChI=1S/C26H23Cl2NO2/c1-30-20-12-9-18(10-13-20)15-29-16-22-21-6-3-2-5-19(21)11-14-26(22)31-17-23-24(27)7-4-8-25(23)28/h2-14,29H,15-17H2,1H3. The van der Waals surface area contributed by atoms with Gasteiger partial charge in [0.15, 0.2) is 0 Å². The average Bonchev–Trinajstić information content (AvgIpc) is 2.80. The molecule has 0 aromatic heterocycles. The molecule has 0 aliphatic heterocycles. The highest BCUT2D eigenvalue weighted by Crippen LogP contribution is 2.31. The topological polar surface area (TPSA) is 30.5 Å². The second-order valence-electron chi connectivity index (χ2n) is 7.20. The predicted octanol–water partition coefficient (Wildman–Crippen LogP) is 7.02. The number of fused-ring (bicyclic) bond motifs is 1. The van der Waals surface area contributed by atoms with Crippen LogP contribution in [0.3, 0.4) is 0 Å². The van der Waals surface area contributed by atoms with Crippen molar-refractivity contribution in [2.75, 3.05) is 7.11 Å². The highest BCUT2D eigenvalue weighted by molar-refractivity contribution is 6.35. The minimum absolute atomic E-state index is 0.308. The molecule has 0 heterocycles. The maximum atomic E-state index is 6.32. The molecule has 0 atom stereocenters. The molecule has 31 heavy (non-hydrogen) atoms. The van der Waals surface area contributed by atoms with Gasteiger partial charge in [-0.05, 0) is 46.7 Å². The Morgan fingerprint density at radius 2 is 1.48 bits per heavy atom. The number of nitrogens with one attached hydrogen (secondary N) is 1. The molecule has 4 rings (SSSR count). The minimum Gasteiger partial charge on any atom is -0.497 e. The molecule has 158 valence electrons. The van der Waals surface area contributed by atoms with Crippen LogP contribution in [0.2, 0.25) is 10.0 Å². The number of hydrogen-bond donors (Lipinski definition) is 1. The van der Waals surface area contributed by atoms with Gasteiger partial charge in [0.2, 0.25) is 0 Å². The largest absolute Gasteiger partial charge is 0.497 e. The summed E-state index contributed by atoms with van der Waals surface area (Å²) >= 11 is 12.6. The van der Waals surface area contributed by atoms with Crippen LogP contribution in [0.15, 0.2) is 78.9 Å². The third kappa shape index (κ3) is 5.13. The van der Waals surface area contributed by atoms with Gasteiger partial charge in [-0.3, -0.25) is 0 Å². The monoisotopic (exact) mass is 451 g/mol. The molecule has 0 fully saturated rings. The maximum Gasteiger partial charge on any atom is 0.124 e. The molecule has 1 N–H and O–H groups in total. The molecule has 0 amide bonds. The van der Waals surface area contributed by atoms with Crippen LogP contribution in [-0.4, -0.2) is 7.11 Å². The molecule has 0 radical (unpaired) electrons. The van der Waals surface area contributed by atoms with Gasteiger partial charge >= 0.3 is 0 Å². The van der Waals surface area contributed by atoms with Gasteiger partial charge in [0.25, 0.3) is 0 Å². The zero-order valence-corrected chi connectivity index (χ0v) is 18.7. The molecular weight excluding hydrogens is 429 g/mol. The zero-order valence-electron chi connectivity index (χ0n) is 17.2. The van der Waals surface area contributed by atoms with Crippen LogP contribution < -0.4 is 14.8 Å². The Bertz CT molecular complexity index is 1160. The van der Waals surface area contributed by atoms with Crippen molar-refractivity contribution in [2.24, 2.45) is 0 Å². The van der Waals surface area contributed by atoms with Gasteiger partial charge in [-0.25, -0.2) is 0 Å². The fourth-order valence-corrected chi connectivity index (χ4v) is 4.04. The molecule has 0 aliphatic carbocycles. The summed E-state index contributed by atoms with van der Waals surface area (Å²) in [5, 5.41) is 7.08. The molecule has 0 spiro atoms. The summed E-state index contributed by atoms with van der Waals surface area (Å²) in [6.07, 6.45) is 0. The van der Waals surface area contributed by atoms with E-state index in [-0.39, 0.29) is 0 Å². The summed E-state index contributed by atoms with van der Waals surface area (Å²) in [6.45, 7) is 1.71. The predicted molar refractivity (Wildman–Crippen MR) is 128 cm³/mol. The quantitative estimate of drug-likeness (QED) is 0.312. The van der Waals surface area contributed by atoms with E-state index in [4.69, 9.17) is 32.7 Å². The second-order valence-corrected chi connectivity index (χ2v) is 8.02. The van der Waals surface area contributed by atoms with E-state index in [9.17, 15) is 0 Å². The summed E-state index contributed by atoms with van der Waals surface area (Å²) in [6, 6.07) is 25.9. The highest BCUT2D eigenvalue weighted by atomic mass is 35.5. The van der Waals surface area contributed by atoms with Crippen molar-refractivity contribution in [1.29, 1.82) is 0 Å². The molecule has 0 saturated heterocycles. The Hall–Kier alpha value is -2.72. The third-order valence-electron chi connectivity index (χ3n) is 5.22. The van der Waals surface area contributed by atoms with Gasteiger partial charge in [0, 0.05) is 34.3 Å². The summed E-state index contributed by atoms with van der Waals surface area (Å²) < 4.78 is 11.4. The lowest BCUT2D eigenvalue weighted by atomic mass is 10.0. The fourth-order valence-electron chi connectivity index (χ4n) is 3.53.